The molecule has 0 aliphatic carbocycles. The molecule has 0 atom stereocenters. The SMILES string of the molecule is NCc1ccc(Cl)c(S(=O)(=O)N2CC=CCC2)c1. The summed E-state index contributed by atoms with van der Waals surface area (Å²) in [6.45, 7) is 1.17. The van der Waals surface area contributed by atoms with Crippen LogP contribution in [0.1, 0.15) is 12.0 Å². The minimum Gasteiger partial charge on any atom is -0.326 e. The van der Waals surface area contributed by atoms with E-state index >= 15 is 0 Å². The van der Waals surface area contributed by atoms with E-state index in [1.807, 2.05) is 12.2 Å². The third kappa shape index (κ3) is 2.59. The van der Waals surface area contributed by atoms with Crippen molar-refractivity contribution in [1.29, 1.82) is 0 Å². The van der Waals surface area contributed by atoms with E-state index in [4.69, 9.17) is 17.3 Å². The fraction of sp³-hybridized carbons (Fsp3) is 0.333. The summed E-state index contributed by atoms with van der Waals surface area (Å²) in [6, 6.07) is 4.86. The number of nitrogens with two attached hydrogens (primary N) is 1. The van der Waals surface area contributed by atoms with Crippen molar-refractivity contribution >= 4 is 21.6 Å². The molecular formula is C12H15ClN2O2S. The molecule has 0 saturated heterocycles. The number of sulfonamides is 1. The Morgan fingerprint density at radius 1 is 1.33 bits per heavy atom. The Labute approximate surface area is 112 Å². The molecule has 0 aromatic heterocycles. The van der Waals surface area contributed by atoms with E-state index in [0.29, 0.717) is 19.6 Å². The number of nitrogens with zero attached hydrogens (tertiary/aromatic N) is 1. The van der Waals surface area contributed by atoms with E-state index < -0.39 is 10.0 Å². The first-order valence-electron chi connectivity index (χ1n) is 5.69. The van der Waals surface area contributed by atoms with Gasteiger partial charge in [-0.25, -0.2) is 8.42 Å². The number of benzene rings is 1. The van der Waals surface area contributed by atoms with Crippen LogP contribution in [-0.4, -0.2) is 25.8 Å². The Hall–Kier alpha value is -0.880. The predicted octanol–water partition coefficient (Wildman–Crippen LogP) is 1.75. The van der Waals surface area contributed by atoms with Crippen LogP contribution >= 0.6 is 11.6 Å². The van der Waals surface area contributed by atoms with Crippen molar-refractivity contribution in [2.75, 3.05) is 13.1 Å². The lowest BCUT2D eigenvalue weighted by Crippen LogP contribution is -2.34. The van der Waals surface area contributed by atoms with Crippen LogP contribution in [0, 0.1) is 0 Å². The van der Waals surface area contributed by atoms with Gasteiger partial charge in [0.05, 0.1) is 5.02 Å². The first-order chi connectivity index (χ1) is 8.55. The maximum atomic E-state index is 12.4. The zero-order valence-electron chi connectivity index (χ0n) is 9.84. The minimum atomic E-state index is -3.53. The highest BCUT2D eigenvalue weighted by Gasteiger charge is 2.26. The van der Waals surface area contributed by atoms with Gasteiger partial charge in [-0.3, -0.25) is 0 Å². The summed E-state index contributed by atoms with van der Waals surface area (Å²) >= 11 is 5.99. The second-order valence-electron chi connectivity index (χ2n) is 4.09. The molecule has 0 amide bonds. The van der Waals surface area contributed by atoms with Gasteiger partial charge in [-0.15, -0.1) is 0 Å². The van der Waals surface area contributed by atoms with Crippen LogP contribution in [0.2, 0.25) is 5.02 Å². The molecule has 1 aromatic rings. The Balaban J connectivity index is 2.43. The summed E-state index contributed by atoms with van der Waals surface area (Å²) in [5, 5.41) is 0.238. The van der Waals surface area contributed by atoms with Crippen LogP contribution in [0.4, 0.5) is 0 Å². The average Bonchev–Trinajstić information content (AvgIpc) is 2.40. The molecule has 0 unspecified atom stereocenters. The van der Waals surface area contributed by atoms with Crippen LogP contribution < -0.4 is 5.73 Å². The molecule has 2 rings (SSSR count). The van der Waals surface area contributed by atoms with Crippen LogP contribution in [-0.2, 0) is 16.6 Å². The molecular weight excluding hydrogens is 272 g/mol. The van der Waals surface area contributed by atoms with Gasteiger partial charge in [0.1, 0.15) is 4.90 Å². The summed E-state index contributed by atoms with van der Waals surface area (Å²) in [4.78, 5) is 0.141. The van der Waals surface area contributed by atoms with E-state index in [-0.39, 0.29) is 9.92 Å². The second-order valence-corrected chi connectivity index (χ2v) is 6.41. The second kappa shape index (κ2) is 5.40. The fourth-order valence-electron chi connectivity index (χ4n) is 1.85. The lowest BCUT2D eigenvalue weighted by Gasteiger charge is -2.23. The van der Waals surface area contributed by atoms with Crippen molar-refractivity contribution in [3.8, 4) is 0 Å². The smallest absolute Gasteiger partial charge is 0.244 e. The van der Waals surface area contributed by atoms with Crippen LogP contribution in [0.15, 0.2) is 35.2 Å². The zero-order valence-corrected chi connectivity index (χ0v) is 11.4. The molecule has 6 heteroatoms. The molecule has 4 nitrogen and oxygen atoms in total. The van der Waals surface area contributed by atoms with Crippen molar-refractivity contribution in [2.24, 2.45) is 5.73 Å². The third-order valence-electron chi connectivity index (χ3n) is 2.87. The van der Waals surface area contributed by atoms with Crippen molar-refractivity contribution in [2.45, 2.75) is 17.9 Å². The van der Waals surface area contributed by atoms with Crippen LogP contribution in [0.3, 0.4) is 0 Å². The average molecular weight is 287 g/mol. The van der Waals surface area contributed by atoms with Crippen molar-refractivity contribution in [1.82, 2.24) is 4.31 Å². The van der Waals surface area contributed by atoms with Crippen molar-refractivity contribution in [3.63, 3.8) is 0 Å². The van der Waals surface area contributed by atoms with E-state index in [2.05, 4.69) is 0 Å². The molecule has 0 saturated carbocycles. The Morgan fingerprint density at radius 3 is 2.72 bits per heavy atom. The molecule has 1 aliphatic rings. The normalized spacial score (nSPS) is 17.0. The topological polar surface area (TPSA) is 63.4 Å². The number of hydrogen-bond acceptors (Lipinski definition) is 3. The molecule has 0 bridgehead atoms. The minimum absolute atomic E-state index is 0.141. The summed E-state index contributed by atoms with van der Waals surface area (Å²) in [7, 11) is -3.53. The fourth-order valence-corrected chi connectivity index (χ4v) is 3.78. The van der Waals surface area contributed by atoms with Crippen molar-refractivity contribution in [3.05, 3.63) is 40.9 Å². The van der Waals surface area contributed by atoms with Gasteiger partial charge in [-0.1, -0.05) is 29.8 Å². The number of rotatable bonds is 3. The number of halogens is 1. The third-order valence-corrected chi connectivity index (χ3v) is 5.22. The molecule has 0 fully saturated rings. The maximum absolute atomic E-state index is 12.4. The molecule has 0 radical (unpaired) electrons. The van der Waals surface area contributed by atoms with Gasteiger partial charge < -0.3 is 5.73 Å². The standard InChI is InChI=1S/C12H15ClN2O2S/c13-11-5-4-10(9-14)8-12(11)18(16,17)15-6-2-1-3-7-15/h1-2,4-5,8H,3,6-7,9,14H2. The predicted molar refractivity (Wildman–Crippen MR) is 71.9 cm³/mol. The lowest BCUT2D eigenvalue weighted by molar-refractivity contribution is 0.437. The van der Waals surface area contributed by atoms with Crippen LogP contribution in [0.25, 0.3) is 0 Å². The van der Waals surface area contributed by atoms with E-state index in [1.165, 1.54) is 4.31 Å². The van der Waals surface area contributed by atoms with Gasteiger partial charge in [-0.05, 0) is 24.1 Å². The molecule has 1 aromatic carbocycles. The van der Waals surface area contributed by atoms with E-state index in [9.17, 15) is 8.42 Å². The Morgan fingerprint density at radius 2 is 2.11 bits per heavy atom. The summed E-state index contributed by atoms with van der Waals surface area (Å²) < 4.78 is 26.3. The lowest BCUT2D eigenvalue weighted by atomic mass is 10.2. The van der Waals surface area contributed by atoms with E-state index in [0.717, 1.165) is 12.0 Å². The van der Waals surface area contributed by atoms with E-state index in [1.54, 1.807) is 18.2 Å². The largest absolute Gasteiger partial charge is 0.326 e. The van der Waals surface area contributed by atoms with Gasteiger partial charge in [0.2, 0.25) is 10.0 Å². The van der Waals surface area contributed by atoms with Crippen LogP contribution in [0.5, 0.6) is 0 Å². The monoisotopic (exact) mass is 286 g/mol. The molecule has 0 spiro atoms. The first kappa shape index (κ1) is 13.5. The molecule has 1 aliphatic heterocycles. The summed E-state index contributed by atoms with van der Waals surface area (Å²) in [6.07, 6.45) is 4.55. The quantitative estimate of drug-likeness (QED) is 0.861. The van der Waals surface area contributed by atoms with Gasteiger partial charge >= 0.3 is 0 Å². The maximum Gasteiger partial charge on any atom is 0.244 e. The molecule has 1 heterocycles. The molecule has 98 valence electrons. The van der Waals surface area contributed by atoms with Gasteiger partial charge in [0.15, 0.2) is 0 Å². The highest BCUT2D eigenvalue weighted by molar-refractivity contribution is 7.89. The first-order valence-corrected chi connectivity index (χ1v) is 7.51. The number of hydrogen-bond donors (Lipinski definition) is 1. The van der Waals surface area contributed by atoms with Gasteiger partial charge in [-0.2, -0.15) is 4.31 Å². The highest BCUT2D eigenvalue weighted by atomic mass is 35.5. The molecule has 2 N–H and O–H groups in total. The molecule has 18 heavy (non-hydrogen) atoms. The highest BCUT2D eigenvalue weighted by Crippen LogP contribution is 2.26. The van der Waals surface area contributed by atoms with Gasteiger partial charge in [0.25, 0.3) is 0 Å². The Bertz CT molecular complexity index is 569. The van der Waals surface area contributed by atoms with Crippen molar-refractivity contribution < 1.29 is 8.42 Å². The zero-order chi connectivity index (χ0) is 13.2. The summed E-state index contributed by atoms with van der Waals surface area (Å²) in [5.41, 5.74) is 6.28. The Kier molecular flexibility index (Phi) is 4.07. The van der Waals surface area contributed by atoms with Gasteiger partial charge in [0, 0.05) is 19.6 Å². The summed E-state index contributed by atoms with van der Waals surface area (Å²) in [5.74, 6) is 0.